The van der Waals surface area contributed by atoms with Crippen LogP contribution in [0.2, 0.25) is 0 Å². The summed E-state index contributed by atoms with van der Waals surface area (Å²) < 4.78 is 12.9. The molecule has 1 aliphatic carbocycles. The van der Waals surface area contributed by atoms with E-state index in [2.05, 4.69) is 15.6 Å². The van der Waals surface area contributed by atoms with Gasteiger partial charge in [0.15, 0.2) is 0 Å². The smallest absolute Gasteiger partial charge is 0.251 e. The maximum absolute atomic E-state index is 12.9. The molecule has 1 heterocycles. The highest BCUT2D eigenvalue weighted by Crippen LogP contribution is 2.29. The lowest BCUT2D eigenvalue weighted by atomic mass is 9.81. The van der Waals surface area contributed by atoms with Crippen molar-refractivity contribution in [2.75, 3.05) is 11.9 Å². The first-order valence-corrected chi connectivity index (χ1v) is 8.86. The normalized spacial score (nSPS) is 19.6. The lowest BCUT2D eigenvalue weighted by molar-refractivity contribution is -0.121. The fraction of sp³-hybridized carbons (Fsp3) is 0.350. The molecular formula is C20H22FN3O2. The quantitative estimate of drug-likeness (QED) is 0.864. The molecule has 1 saturated carbocycles. The van der Waals surface area contributed by atoms with Crippen molar-refractivity contribution in [3.05, 3.63) is 60.2 Å². The number of nitrogens with one attached hydrogen (secondary N) is 2. The molecule has 1 fully saturated rings. The Morgan fingerprint density at radius 2 is 1.65 bits per heavy atom. The van der Waals surface area contributed by atoms with Crippen molar-refractivity contribution in [1.82, 2.24) is 10.3 Å². The van der Waals surface area contributed by atoms with Gasteiger partial charge in [0, 0.05) is 36.1 Å². The molecule has 2 amide bonds. The van der Waals surface area contributed by atoms with Crippen molar-refractivity contribution in [3.8, 4) is 0 Å². The summed E-state index contributed by atoms with van der Waals surface area (Å²) in [6.45, 7) is 0.578. The number of carbonyl (C=O) groups excluding carboxylic acids is 2. The van der Waals surface area contributed by atoms with Gasteiger partial charge in [0.25, 0.3) is 5.91 Å². The van der Waals surface area contributed by atoms with E-state index in [9.17, 15) is 14.0 Å². The molecule has 2 aromatic rings. The van der Waals surface area contributed by atoms with Crippen LogP contribution >= 0.6 is 0 Å². The van der Waals surface area contributed by atoms with E-state index >= 15 is 0 Å². The van der Waals surface area contributed by atoms with Gasteiger partial charge in [-0.15, -0.1) is 0 Å². The third-order valence-electron chi connectivity index (χ3n) is 4.82. The van der Waals surface area contributed by atoms with E-state index in [0.717, 1.165) is 31.4 Å². The van der Waals surface area contributed by atoms with E-state index in [1.54, 1.807) is 24.5 Å². The molecule has 26 heavy (non-hydrogen) atoms. The molecule has 2 N–H and O–H groups in total. The number of hydrogen-bond acceptors (Lipinski definition) is 3. The second kappa shape index (κ2) is 8.56. The molecule has 0 radical (unpaired) electrons. The molecule has 1 aromatic carbocycles. The van der Waals surface area contributed by atoms with Gasteiger partial charge in [0.05, 0.1) is 0 Å². The highest BCUT2D eigenvalue weighted by Gasteiger charge is 2.26. The van der Waals surface area contributed by atoms with Crippen LogP contribution in [0.5, 0.6) is 0 Å². The predicted molar refractivity (Wildman–Crippen MR) is 97.0 cm³/mol. The highest BCUT2D eigenvalue weighted by atomic mass is 19.1. The Kier molecular flexibility index (Phi) is 5.94. The van der Waals surface area contributed by atoms with E-state index in [1.807, 2.05) is 0 Å². The van der Waals surface area contributed by atoms with Crippen LogP contribution in [0.25, 0.3) is 0 Å². The Labute approximate surface area is 152 Å². The van der Waals surface area contributed by atoms with Gasteiger partial charge in [-0.2, -0.15) is 0 Å². The zero-order valence-electron chi connectivity index (χ0n) is 14.5. The van der Waals surface area contributed by atoms with Crippen LogP contribution in [-0.2, 0) is 4.79 Å². The van der Waals surface area contributed by atoms with Crippen LogP contribution in [0.1, 0.15) is 36.0 Å². The van der Waals surface area contributed by atoms with Crippen molar-refractivity contribution in [3.63, 3.8) is 0 Å². The van der Waals surface area contributed by atoms with Gasteiger partial charge in [0.2, 0.25) is 5.91 Å². The maximum Gasteiger partial charge on any atom is 0.251 e. The van der Waals surface area contributed by atoms with Crippen molar-refractivity contribution < 1.29 is 14.0 Å². The Balaban J connectivity index is 1.41. The standard InChI is InChI=1S/C20H22FN3O2/c21-17-7-5-15(6-8-17)19(25)23-13-14-1-3-16(4-2-14)20(26)24-18-9-11-22-12-10-18/h5-12,14,16H,1-4,13H2,(H,23,25)(H,22,24,26). The van der Waals surface area contributed by atoms with Gasteiger partial charge in [-0.05, 0) is 68.0 Å². The maximum atomic E-state index is 12.9. The van der Waals surface area contributed by atoms with Crippen LogP contribution in [0.4, 0.5) is 10.1 Å². The summed E-state index contributed by atoms with van der Waals surface area (Å²) in [7, 11) is 0. The van der Waals surface area contributed by atoms with Crippen molar-refractivity contribution in [1.29, 1.82) is 0 Å². The van der Waals surface area contributed by atoms with Gasteiger partial charge in [-0.1, -0.05) is 0 Å². The minimum Gasteiger partial charge on any atom is -0.352 e. The van der Waals surface area contributed by atoms with Gasteiger partial charge < -0.3 is 10.6 Å². The van der Waals surface area contributed by atoms with Crippen molar-refractivity contribution >= 4 is 17.5 Å². The van der Waals surface area contributed by atoms with Gasteiger partial charge in [-0.3, -0.25) is 14.6 Å². The first-order chi connectivity index (χ1) is 12.6. The largest absolute Gasteiger partial charge is 0.352 e. The number of amides is 2. The van der Waals surface area contributed by atoms with E-state index < -0.39 is 0 Å². The zero-order valence-corrected chi connectivity index (χ0v) is 14.5. The average molecular weight is 355 g/mol. The number of anilines is 1. The second-order valence-corrected chi connectivity index (χ2v) is 6.66. The molecule has 3 rings (SSSR count). The van der Waals surface area contributed by atoms with Gasteiger partial charge in [-0.25, -0.2) is 4.39 Å². The third-order valence-corrected chi connectivity index (χ3v) is 4.82. The summed E-state index contributed by atoms with van der Waals surface area (Å²) in [6, 6.07) is 9.06. The molecule has 1 aromatic heterocycles. The first-order valence-electron chi connectivity index (χ1n) is 8.86. The molecular weight excluding hydrogens is 333 g/mol. The number of pyridine rings is 1. The summed E-state index contributed by atoms with van der Waals surface area (Å²) >= 11 is 0. The summed E-state index contributed by atoms with van der Waals surface area (Å²) in [4.78, 5) is 28.3. The van der Waals surface area contributed by atoms with E-state index in [4.69, 9.17) is 0 Å². The van der Waals surface area contributed by atoms with Crippen LogP contribution in [0.3, 0.4) is 0 Å². The summed E-state index contributed by atoms with van der Waals surface area (Å²) in [5, 5.41) is 5.83. The molecule has 0 bridgehead atoms. The number of rotatable bonds is 5. The van der Waals surface area contributed by atoms with Gasteiger partial charge >= 0.3 is 0 Å². The lowest BCUT2D eigenvalue weighted by Gasteiger charge is -2.27. The van der Waals surface area contributed by atoms with Crippen LogP contribution in [-0.4, -0.2) is 23.3 Å². The average Bonchev–Trinajstić information content (AvgIpc) is 2.68. The summed E-state index contributed by atoms with van der Waals surface area (Å²) in [5.41, 5.74) is 1.22. The minimum absolute atomic E-state index is 0.00668. The molecule has 1 aliphatic rings. The number of halogens is 1. The molecule has 0 spiro atoms. The molecule has 6 heteroatoms. The SMILES string of the molecule is O=C(NCC1CCC(C(=O)Nc2ccncc2)CC1)c1ccc(F)cc1. The Morgan fingerprint density at radius 3 is 2.31 bits per heavy atom. The predicted octanol–water partition coefficient (Wildman–Crippen LogP) is 3.40. The van der Waals surface area contributed by atoms with Crippen LogP contribution < -0.4 is 10.6 Å². The van der Waals surface area contributed by atoms with Crippen molar-refractivity contribution in [2.24, 2.45) is 11.8 Å². The van der Waals surface area contributed by atoms with Gasteiger partial charge in [0.1, 0.15) is 5.82 Å². The fourth-order valence-electron chi connectivity index (χ4n) is 3.25. The summed E-state index contributed by atoms with van der Waals surface area (Å²) in [5.74, 6) is -0.131. The Morgan fingerprint density at radius 1 is 1.00 bits per heavy atom. The van der Waals surface area contributed by atoms with E-state index in [1.165, 1.54) is 24.3 Å². The molecule has 136 valence electrons. The van der Waals surface area contributed by atoms with E-state index in [-0.39, 0.29) is 23.5 Å². The molecule has 0 unspecified atom stereocenters. The molecule has 0 aliphatic heterocycles. The monoisotopic (exact) mass is 355 g/mol. The number of carbonyl (C=O) groups is 2. The third kappa shape index (κ3) is 4.88. The molecule has 5 nitrogen and oxygen atoms in total. The van der Waals surface area contributed by atoms with Crippen molar-refractivity contribution in [2.45, 2.75) is 25.7 Å². The molecule has 0 atom stereocenters. The number of hydrogen-bond donors (Lipinski definition) is 2. The Hall–Kier alpha value is -2.76. The second-order valence-electron chi connectivity index (χ2n) is 6.66. The number of nitrogens with zero attached hydrogens (tertiary/aromatic N) is 1. The van der Waals surface area contributed by atoms with Crippen LogP contribution in [0, 0.1) is 17.7 Å². The first kappa shape index (κ1) is 18.0. The highest BCUT2D eigenvalue weighted by molar-refractivity contribution is 5.94. The Bertz CT molecular complexity index is 741. The van der Waals surface area contributed by atoms with Crippen LogP contribution in [0.15, 0.2) is 48.8 Å². The van der Waals surface area contributed by atoms with E-state index in [0.29, 0.717) is 18.0 Å². The summed E-state index contributed by atoms with van der Waals surface area (Å²) in [6.07, 6.45) is 6.73. The number of aromatic nitrogens is 1. The minimum atomic E-state index is -0.357. The lowest BCUT2D eigenvalue weighted by Crippen LogP contribution is -2.33. The molecule has 0 saturated heterocycles. The zero-order chi connectivity index (χ0) is 18.4. The number of benzene rings is 1. The fourth-order valence-corrected chi connectivity index (χ4v) is 3.25. The topological polar surface area (TPSA) is 71.1 Å².